The summed E-state index contributed by atoms with van der Waals surface area (Å²) in [4.78, 5) is 16.2. The highest BCUT2D eigenvalue weighted by Gasteiger charge is 2.09. The Morgan fingerprint density at radius 2 is 2.15 bits per heavy atom. The second kappa shape index (κ2) is 5.05. The Labute approximate surface area is 115 Å². The van der Waals surface area contributed by atoms with Gasteiger partial charge in [-0.15, -0.1) is 0 Å². The lowest BCUT2D eigenvalue weighted by atomic mass is 10.2. The molecule has 0 unspecified atom stereocenters. The summed E-state index contributed by atoms with van der Waals surface area (Å²) in [6.45, 7) is 0.134. The topological polar surface area (TPSA) is 69.6 Å². The van der Waals surface area contributed by atoms with Crippen LogP contribution in [-0.2, 0) is 11.3 Å². The van der Waals surface area contributed by atoms with Crippen molar-refractivity contribution >= 4 is 17.3 Å². The van der Waals surface area contributed by atoms with Crippen LogP contribution in [0.1, 0.15) is 16.1 Å². The molecule has 0 amide bonds. The Bertz CT molecular complexity index is 731. The van der Waals surface area contributed by atoms with Crippen LogP contribution in [0.5, 0.6) is 0 Å². The highest BCUT2D eigenvalue weighted by Crippen LogP contribution is 2.10. The lowest BCUT2D eigenvalue weighted by molar-refractivity contribution is 0.0468. The molecule has 3 aromatic rings. The van der Waals surface area contributed by atoms with Gasteiger partial charge in [-0.2, -0.15) is 0 Å². The number of esters is 1. The molecular formula is C15H13N3O2. The molecule has 5 nitrogen and oxygen atoms in total. The van der Waals surface area contributed by atoms with Gasteiger partial charge in [-0.25, -0.2) is 9.78 Å². The van der Waals surface area contributed by atoms with E-state index in [1.54, 1.807) is 24.3 Å². The Morgan fingerprint density at radius 3 is 2.95 bits per heavy atom. The smallest absolute Gasteiger partial charge is 0.338 e. The molecule has 0 saturated carbocycles. The lowest BCUT2D eigenvalue weighted by Gasteiger charge is -2.03. The quantitative estimate of drug-likeness (QED) is 0.584. The first kappa shape index (κ1) is 12.2. The third-order valence-electron chi connectivity index (χ3n) is 2.89. The number of hydrogen-bond donors (Lipinski definition) is 1. The lowest BCUT2D eigenvalue weighted by Crippen LogP contribution is -2.05. The van der Waals surface area contributed by atoms with Crippen LogP contribution in [-0.4, -0.2) is 15.4 Å². The second-order valence-electron chi connectivity index (χ2n) is 4.40. The summed E-state index contributed by atoms with van der Waals surface area (Å²) in [5, 5.41) is 0. The van der Waals surface area contributed by atoms with Crippen LogP contribution in [0, 0.1) is 0 Å². The minimum atomic E-state index is -0.408. The number of benzene rings is 1. The summed E-state index contributed by atoms with van der Waals surface area (Å²) in [6, 6.07) is 12.4. The third kappa shape index (κ3) is 2.47. The van der Waals surface area contributed by atoms with E-state index in [1.807, 2.05) is 35.0 Å². The van der Waals surface area contributed by atoms with E-state index in [4.69, 9.17) is 10.5 Å². The van der Waals surface area contributed by atoms with Crippen LogP contribution >= 0.6 is 0 Å². The van der Waals surface area contributed by atoms with Crippen LogP contribution in [0.4, 0.5) is 5.69 Å². The van der Waals surface area contributed by atoms with Crippen molar-refractivity contribution in [3.63, 3.8) is 0 Å². The minimum absolute atomic E-state index is 0.134. The maximum atomic E-state index is 11.9. The Morgan fingerprint density at radius 1 is 1.25 bits per heavy atom. The third-order valence-corrected chi connectivity index (χ3v) is 2.89. The number of ether oxygens (including phenoxy) is 1. The normalized spacial score (nSPS) is 10.6. The predicted octanol–water partition coefficient (Wildman–Crippen LogP) is 2.27. The van der Waals surface area contributed by atoms with Gasteiger partial charge in [0.1, 0.15) is 12.3 Å². The zero-order valence-corrected chi connectivity index (χ0v) is 10.7. The fraction of sp³-hybridized carbons (Fsp3) is 0.0667. The number of imidazole rings is 1. The van der Waals surface area contributed by atoms with E-state index in [1.165, 1.54) is 0 Å². The van der Waals surface area contributed by atoms with Crippen LogP contribution < -0.4 is 5.73 Å². The van der Waals surface area contributed by atoms with E-state index in [0.717, 1.165) is 5.65 Å². The van der Waals surface area contributed by atoms with Gasteiger partial charge in [0.15, 0.2) is 0 Å². The molecule has 0 aliphatic rings. The van der Waals surface area contributed by atoms with Crippen molar-refractivity contribution < 1.29 is 9.53 Å². The molecule has 5 heteroatoms. The summed E-state index contributed by atoms with van der Waals surface area (Å²) in [5.41, 5.74) is 8.13. The number of fused-ring (bicyclic) bond motifs is 1. The maximum absolute atomic E-state index is 11.9. The number of rotatable bonds is 3. The van der Waals surface area contributed by atoms with Gasteiger partial charge < -0.3 is 14.9 Å². The van der Waals surface area contributed by atoms with Crippen LogP contribution in [0.3, 0.4) is 0 Å². The summed E-state index contributed by atoms with van der Waals surface area (Å²) < 4.78 is 7.11. The van der Waals surface area contributed by atoms with Crippen molar-refractivity contribution in [3.8, 4) is 0 Å². The molecule has 0 atom stereocenters. The highest BCUT2D eigenvalue weighted by molar-refractivity contribution is 5.90. The van der Waals surface area contributed by atoms with Crippen LogP contribution in [0.2, 0.25) is 0 Å². The van der Waals surface area contributed by atoms with E-state index < -0.39 is 5.97 Å². The van der Waals surface area contributed by atoms with Gasteiger partial charge in [0.2, 0.25) is 0 Å². The number of aromatic nitrogens is 2. The zero-order valence-electron chi connectivity index (χ0n) is 10.7. The number of nitrogen functional groups attached to an aromatic ring is 1. The van der Waals surface area contributed by atoms with Crippen molar-refractivity contribution in [2.24, 2.45) is 0 Å². The molecule has 0 aliphatic carbocycles. The zero-order chi connectivity index (χ0) is 13.9. The van der Waals surface area contributed by atoms with Gasteiger partial charge in [0.05, 0.1) is 11.3 Å². The molecule has 0 spiro atoms. The van der Waals surface area contributed by atoms with Crippen molar-refractivity contribution in [3.05, 3.63) is 66.1 Å². The first-order chi connectivity index (χ1) is 9.72. The minimum Gasteiger partial charge on any atom is -0.456 e. The SMILES string of the molecule is Nc1cccc(C(=O)OCc2cn3ccccc3n2)c1. The average molecular weight is 267 g/mol. The Hall–Kier alpha value is -2.82. The molecule has 2 N–H and O–H groups in total. The Balaban J connectivity index is 1.71. The van der Waals surface area contributed by atoms with Gasteiger partial charge in [0.25, 0.3) is 0 Å². The molecule has 0 radical (unpaired) electrons. The first-order valence-corrected chi connectivity index (χ1v) is 6.18. The van der Waals surface area contributed by atoms with E-state index in [-0.39, 0.29) is 6.61 Å². The number of pyridine rings is 1. The van der Waals surface area contributed by atoms with Crippen molar-refractivity contribution in [2.45, 2.75) is 6.61 Å². The monoisotopic (exact) mass is 267 g/mol. The van der Waals surface area contributed by atoms with Crippen molar-refractivity contribution in [1.29, 1.82) is 0 Å². The molecule has 2 heterocycles. The van der Waals surface area contributed by atoms with E-state index in [0.29, 0.717) is 16.9 Å². The average Bonchev–Trinajstić information content (AvgIpc) is 2.87. The van der Waals surface area contributed by atoms with Crippen LogP contribution in [0.15, 0.2) is 54.9 Å². The molecular weight excluding hydrogens is 254 g/mol. The summed E-state index contributed by atoms with van der Waals surface area (Å²) in [5.74, 6) is -0.408. The van der Waals surface area contributed by atoms with Gasteiger partial charge in [-0.1, -0.05) is 12.1 Å². The second-order valence-corrected chi connectivity index (χ2v) is 4.40. The number of nitrogens with zero attached hydrogens (tertiary/aromatic N) is 2. The molecule has 20 heavy (non-hydrogen) atoms. The largest absolute Gasteiger partial charge is 0.456 e. The van der Waals surface area contributed by atoms with Gasteiger partial charge in [-0.05, 0) is 30.3 Å². The highest BCUT2D eigenvalue weighted by atomic mass is 16.5. The summed E-state index contributed by atoms with van der Waals surface area (Å²) in [6.07, 6.45) is 3.73. The summed E-state index contributed by atoms with van der Waals surface area (Å²) in [7, 11) is 0. The molecule has 1 aromatic carbocycles. The van der Waals surface area contributed by atoms with Crippen molar-refractivity contribution in [1.82, 2.24) is 9.38 Å². The van der Waals surface area contributed by atoms with Gasteiger partial charge in [-0.3, -0.25) is 0 Å². The standard InChI is InChI=1S/C15H13N3O2/c16-12-5-3-4-11(8-12)15(19)20-10-13-9-18-7-2-1-6-14(18)17-13/h1-9H,10,16H2. The Kier molecular flexibility index (Phi) is 3.09. The van der Waals surface area contributed by atoms with Gasteiger partial charge >= 0.3 is 5.97 Å². The number of anilines is 1. The number of hydrogen-bond acceptors (Lipinski definition) is 4. The molecule has 0 fully saturated rings. The molecule has 2 aromatic heterocycles. The molecule has 3 rings (SSSR count). The van der Waals surface area contributed by atoms with Gasteiger partial charge in [0, 0.05) is 18.1 Å². The van der Waals surface area contributed by atoms with Crippen LogP contribution in [0.25, 0.3) is 5.65 Å². The van der Waals surface area contributed by atoms with E-state index in [9.17, 15) is 4.79 Å². The number of carbonyl (C=O) groups excluding carboxylic acids is 1. The molecule has 0 aliphatic heterocycles. The summed E-state index contributed by atoms with van der Waals surface area (Å²) >= 11 is 0. The maximum Gasteiger partial charge on any atom is 0.338 e. The fourth-order valence-corrected chi connectivity index (χ4v) is 1.95. The van der Waals surface area contributed by atoms with E-state index >= 15 is 0 Å². The molecule has 0 bridgehead atoms. The van der Waals surface area contributed by atoms with Crippen molar-refractivity contribution in [2.75, 3.05) is 5.73 Å². The molecule has 0 saturated heterocycles. The van der Waals surface area contributed by atoms with E-state index in [2.05, 4.69) is 4.98 Å². The first-order valence-electron chi connectivity index (χ1n) is 6.18. The number of carbonyl (C=O) groups is 1. The predicted molar refractivity (Wildman–Crippen MR) is 75.2 cm³/mol. The molecule has 100 valence electrons. The fourth-order valence-electron chi connectivity index (χ4n) is 1.95. The number of nitrogens with two attached hydrogens (primary N) is 1.